The summed E-state index contributed by atoms with van der Waals surface area (Å²) in [5, 5.41) is 3.14. The van der Waals surface area contributed by atoms with Gasteiger partial charge in [-0.15, -0.1) is 11.6 Å². The van der Waals surface area contributed by atoms with Crippen molar-refractivity contribution in [3.05, 3.63) is 59.7 Å². The van der Waals surface area contributed by atoms with Gasteiger partial charge in [-0.2, -0.15) is 9.97 Å². The fourth-order valence-electron chi connectivity index (χ4n) is 6.21. The standard InChI is InChI=1S/C34H45ClN4O7/c1-4-34(35)27(25-11-6-5-7-12-25)13-8-15-33(34,46-20-10-17-39-18-21-43-22-19-39)24-45-32-37-29(41-2)26(30(38-32)42-3)23-44-31(40)28-14-9-16-36-28/h5-8,11-13,15,28,36H,4,9-10,14,16-24H2,1-3H3/t28-,33?,34?/m0/s1. The number of ether oxygens (including phenoxy) is 6. The van der Waals surface area contributed by atoms with E-state index in [2.05, 4.69) is 39.2 Å². The van der Waals surface area contributed by atoms with Crippen LogP contribution in [0.3, 0.4) is 0 Å². The number of carbonyl (C=O) groups is 1. The van der Waals surface area contributed by atoms with Crippen molar-refractivity contribution in [3.8, 4) is 17.8 Å². The molecule has 2 aliphatic heterocycles. The van der Waals surface area contributed by atoms with Crippen LogP contribution in [0.2, 0.25) is 0 Å². The van der Waals surface area contributed by atoms with E-state index < -0.39 is 10.5 Å². The second kappa shape index (κ2) is 16.1. The van der Waals surface area contributed by atoms with E-state index in [-0.39, 0.29) is 43.0 Å². The number of alkyl halides is 1. The lowest BCUT2D eigenvalue weighted by Crippen LogP contribution is -2.56. The number of nitrogens with one attached hydrogen (secondary N) is 1. The Kier molecular flexibility index (Phi) is 11.9. The van der Waals surface area contributed by atoms with Gasteiger partial charge in [0.2, 0.25) is 11.8 Å². The van der Waals surface area contributed by atoms with Crippen LogP contribution in [-0.4, -0.2) is 104 Å². The van der Waals surface area contributed by atoms with Gasteiger partial charge in [-0.3, -0.25) is 9.69 Å². The molecule has 2 unspecified atom stereocenters. The summed E-state index contributed by atoms with van der Waals surface area (Å²) >= 11 is 7.65. The molecule has 0 radical (unpaired) electrons. The summed E-state index contributed by atoms with van der Waals surface area (Å²) in [5.74, 6) is 0.0383. The molecule has 11 nitrogen and oxygen atoms in total. The second-order valence-electron chi connectivity index (χ2n) is 11.6. The van der Waals surface area contributed by atoms with Crippen molar-refractivity contribution in [1.82, 2.24) is 20.2 Å². The number of nitrogens with zero attached hydrogens (tertiary/aromatic N) is 3. The number of esters is 1. The van der Waals surface area contributed by atoms with Gasteiger partial charge in [0.1, 0.15) is 35.3 Å². The highest BCUT2D eigenvalue weighted by molar-refractivity contribution is 6.32. The second-order valence-corrected chi connectivity index (χ2v) is 12.2. The van der Waals surface area contributed by atoms with Crippen molar-refractivity contribution in [1.29, 1.82) is 0 Å². The zero-order valence-corrected chi connectivity index (χ0v) is 27.7. The third-order valence-electron chi connectivity index (χ3n) is 8.80. The minimum Gasteiger partial charge on any atom is -0.480 e. The summed E-state index contributed by atoms with van der Waals surface area (Å²) in [6.45, 7) is 7.45. The monoisotopic (exact) mass is 656 g/mol. The largest absolute Gasteiger partial charge is 0.480 e. The van der Waals surface area contributed by atoms with E-state index in [1.165, 1.54) is 14.2 Å². The van der Waals surface area contributed by atoms with E-state index >= 15 is 0 Å². The van der Waals surface area contributed by atoms with Crippen LogP contribution in [0, 0.1) is 0 Å². The number of allylic oxidation sites excluding steroid dienone is 2. The topological polar surface area (TPSA) is 114 Å². The molecule has 1 aromatic carbocycles. The van der Waals surface area contributed by atoms with Crippen LogP contribution in [0.4, 0.5) is 0 Å². The van der Waals surface area contributed by atoms with Crippen LogP contribution < -0.4 is 19.5 Å². The van der Waals surface area contributed by atoms with E-state index in [0.29, 0.717) is 18.6 Å². The molecule has 1 N–H and O–H groups in total. The lowest BCUT2D eigenvalue weighted by molar-refractivity contribution is -0.147. The molecule has 1 aromatic heterocycles. The number of aromatic nitrogens is 2. The van der Waals surface area contributed by atoms with Gasteiger partial charge in [-0.25, -0.2) is 0 Å². The summed E-state index contributed by atoms with van der Waals surface area (Å²) in [5.41, 5.74) is 1.31. The molecule has 0 spiro atoms. The number of methoxy groups -OCH3 is 2. The molecule has 3 aliphatic rings. The van der Waals surface area contributed by atoms with E-state index in [1.54, 1.807) is 0 Å². The molecule has 2 fully saturated rings. The quantitative estimate of drug-likeness (QED) is 0.169. The fourth-order valence-corrected chi connectivity index (χ4v) is 6.55. The van der Waals surface area contributed by atoms with Gasteiger partial charge in [0.05, 0.1) is 27.4 Å². The maximum Gasteiger partial charge on any atom is 0.323 e. The van der Waals surface area contributed by atoms with Crippen molar-refractivity contribution < 1.29 is 33.2 Å². The third-order valence-corrected chi connectivity index (χ3v) is 9.59. The van der Waals surface area contributed by atoms with Crippen molar-refractivity contribution in [2.75, 3.05) is 66.8 Å². The predicted octanol–water partition coefficient (Wildman–Crippen LogP) is 4.19. The molecule has 3 heterocycles. The number of morpholine rings is 1. The molecule has 0 amide bonds. The first-order valence-corrected chi connectivity index (χ1v) is 16.4. The van der Waals surface area contributed by atoms with Gasteiger partial charge < -0.3 is 33.7 Å². The van der Waals surface area contributed by atoms with E-state index in [0.717, 1.165) is 69.8 Å². The van der Waals surface area contributed by atoms with E-state index in [4.69, 9.17) is 40.0 Å². The Hall–Kier alpha value is -3.22. The van der Waals surface area contributed by atoms with E-state index in [9.17, 15) is 4.79 Å². The summed E-state index contributed by atoms with van der Waals surface area (Å²) in [4.78, 5) is 23.0. The van der Waals surface area contributed by atoms with Crippen LogP contribution in [0.25, 0.3) is 5.57 Å². The Labute approximate surface area is 276 Å². The minimum absolute atomic E-state index is 0.0244. The van der Waals surface area contributed by atoms with Crippen LogP contribution in [0.1, 0.15) is 43.7 Å². The van der Waals surface area contributed by atoms with Gasteiger partial charge >= 0.3 is 12.0 Å². The van der Waals surface area contributed by atoms with Crippen molar-refractivity contribution >= 4 is 23.1 Å². The molecule has 3 atom stereocenters. The summed E-state index contributed by atoms with van der Waals surface area (Å²) in [6.07, 6.45) is 9.05. The third kappa shape index (κ3) is 7.66. The first kappa shape index (κ1) is 34.1. The highest BCUT2D eigenvalue weighted by Gasteiger charge is 2.53. The minimum atomic E-state index is -1.06. The highest BCUT2D eigenvalue weighted by Crippen LogP contribution is 2.49. The molecule has 46 heavy (non-hydrogen) atoms. The first-order valence-electron chi connectivity index (χ1n) is 16.0. The molecule has 12 heteroatoms. The van der Waals surface area contributed by atoms with Gasteiger partial charge in [0.15, 0.2) is 0 Å². The molecule has 250 valence electrons. The maximum atomic E-state index is 12.5. The molecule has 2 saturated heterocycles. The fraction of sp³-hybridized carbons (Fsp3) is 0.559. The summed E-state index contributed by atoms with van der Waals surface area (Å²) in [6, 6.07) is 9.79. The number of benzene rings is 1. The zero-order chi connectivity index (χ0) is 32.4. The van der Waals surface area contributed by atoms with Crippen LogP contribution in [-0.2, 0) is 25.6 Å². The van der Waals surface area contributed by atoms with Crippen molar-refractivity contribution in [3.63, 3.8) is 0 Å². The molecule has 1 aliphatic carbocycles. The molecular weight excluding hydrogens is 612 g/mol. The van der Waals surface area contributed by atoms with Crippen LogP contribution in [0.15, 0.2) is 48.6 Å². The van der Waals surface area contributed by atoms with Crippen molar-refractivity contribution in [2.45, 2.75) is 55.7 Å². The molecule has 0 bridgehead atoms. The number of carbonyl (C=O) groups excluding carboxylic acids is 1. The molecule has 2 aromatic rings. The van der Waals surface area contributed by atoms with Crippen LogP contribution >= 0.6 is 11.6 Å². The highest BCUT2D eigenvalue weighted by atomic mass is 35.5. The van der Waals surface area contributed by atoms with Gasteiger partial charge in [-0.05, 0) is 49.4 Å². The Bertz CT molecular complexity index is 1340. The summed E-state index contributed by atoms with van der Waals surface area (Å²) in [7, 11) is 2.96. The summed E-state index contributed by atoms with van der Waals surface area (Å²) < 4.78 is 35.3. The average molecular weight is 657 g/mol. The van der Waals surface area contributed by atoms with Gasteiger partial charge in [0.25, 0.3) is 0 Å². The average Bonchev–Trinajstić information content (AvgIpc) is 3.65. The predicted molar refractivity (Wildman–Crippen MR) is 174 cm³/mol. The number of hydrogen-bond acceptors (Lipinski definition) is 11. The normalized spacial score (nSPS) is 24.8. The van der Waals surface area contributed by atoms with E-state index in [1.807, 2.05) is 36.4 Å². The Morgan fingerprint density at radius 2 is 1.87 bits per heavy atom. The van der Waals surface area contributed by atoms with Gasteiger partial charge in [-0.1, -0.05) is 49.4 Å². The Morgan fingerprint density at radius 1 is 1.13 bits per heavy atom. The zero-order valence-electron chi connectivity index (χ0n) is 27.0. The van der Waals surface area contributed by atoms with Crippen molar-refractivity contribution in [2.24, 2.45) is 0 Å². The van der Waals surface area contributed by atoms with Crippen LogP contribution in [0.5, 0.6) is 17.8 Å². The number of halogens is 1. The Balaban J connectivity index is 1.37. The SMILES string of the molecule is CCC1(Cl)C(c2ccccc2)=CC=CC1(COc1nc(OC)c(COC(=O)[C@@H]2CCCN2)c(OC)n1)OCCCN1CCOCC1. The lowest BCUT2D eigenvalue weighted by Gasteiger charge is -2.47. The molecule has 5 rings (SSSR count). The molecule has 0 saturated carbocycles. The number of hydrogen-bond donors (Lipinski definition) is 1. The molecular formula is C34H45ClN4O7. The first-order chi connectivity index (χ1) is 22.4. The number of rotatable bonds is 15. The maximum absolute atomic E-state index is 12.5. The van der Waals surface area contributed by atoms with Gasteiger partial charge in [0, 0.05) is 26.2 Å². The smallest absolute Gasteiger partial charge is 0.323 e. The lowest BCUT2D eigenvalue weighted by atomic mass is 9.73. The Morgan fingerprint density at radius 3 is 2.52 bits per heavy atom.